The van der Waals surface area contributed by atoms with E-state index in [0.717, 1.165) is 5.13 Å². The van der Waals surface area contributed by atoms with E-state index in [0.29, 0.717) is 21.1 Å². The summed E-state index contributed by atoms with van der Waals surface area (Å²) < 4.78 is 14.3. The third-order valence-electron chi connectivity index (χ3n) is 2.07. The van der Waals surface area contributed by atoms with E-state index in [1.807, 2.05) is 19.0 Å². The Morgan fingerprint density at radius 1 is 1.39 bits per heavy atom. The molecule has 0 saturated heterocycles. The fraction of sp³-hybridized carbons (Fsp3) is 0.182. The Kier molecular flexibility index (Phi) is 3.93. The van der Waals surface area contributed by atoms with Crippen LogP contribution in [0.2, 0.25) is 0 Å². The van der Waals surface area contributed by atoms with Crippen molar-refractivity contribution in [2.24, 2.45) is 0 Å². The van der Waals surface area contributed by atoms with Gasteiger partial charge in [-0.2, -0.15) is 0 Å². The Labute approximate surface area is 112 Å². The van der Waals surface area contributed by atoms with E-state index >= 15 is 0 Å². The first-order chi connectivity index (χ1) is 8.60. The van der Waals surface area contributed by atoms with E-state index in [1.165, 1.54) is 29.2 Å². The van der Waals surface area contributed by atoms with E-state index in [9.17, 15) is 9.18 Å². The molecule has 0 aliphatic heterocycles. The molecule has 7 heteroatoms. The predicted molar refractivity (Wildman–Crippen MR) is 70.1 cm³/mol. The summed E-state index contributed by atoms with van der Waals surface area (Å²) in [4.78, 5) is 12.8. The number of hydrogen-bond acceptors (Lipinski definition) is 6. The quantitative estimate of drug-likeness (QED) is 0.807. The van der Waals surface area contributed by atoms with Gasteiger partial charge in [-0.3, -0.25) is 4.79 Å². The van der Waals surface area contributed by atoms with Crippen molar-refractivity contribution in [3.63, 3.8) is 0 Å². The van der Waals surface area contributed by atoms with E-state index in [2.05, 4.69) is 10.2 Å². The zero-order chi connectivity index (χ0) is 13.1. The van der Waals surface area contributed by atoms with Gasteiger partial charge in [0.2, 0.25) is 5.13 Å². The maximum Gasteiger partial charge on any atom is 0.208 e. The first-order valence-electron chi connectivity index (χ1n) is 5.03. The van der Waals surface area contributed by atoms with E-state index in [4.69, 9.17) is 0 Å². The summed E-state index contributed by atoms with van der Waals surface area (Å²) in [5.41, 5.74) is 0.322. The second-order valence-electron chi connectivity index (χ2n) is 3.65. The molecule has 1 aromatic carbocycles. The van der Waals surface area contributed by atoms with E-state index in [1.54, 1.807) is 12.1 Å². The highest BCUT2D eigenvalue weighted by Gasteiger charge is 2.10. The first-order valence-corrected chi connectivity index (χ1v) is 6.67. The lowest BCUT2D eigenvalue weighted by atomic mass is 10.2. The fourth-order valence-corrected chi connectivity index (χ4v) is 2.92. The van der Waals surface area contributed by atoms with Gasteiger partial charge in [-0.1, -0.05) is 29.2 Å². The second-order valence-corrected chi connectivity index (χ2v) is 5.90. The topological polar surface area (TPSA) is 46.1 Å². The van der Waals surface area contributed by atoms with Crippen LogP contribution in [0.3, 0.4) is 0 Å². The summed E-state index contributed by atoms with van der Waals surface area (Å²) in [5.74, 6) is -0.425. The molecule has 0 amide bonds. The molecule has 2 aromatic rings. The predicted octanol–water partition coefficient (Wildman–Crippen LogP) is 2.71. The highest BCUT2D eigenvalue weighted by Crippen LogP contribution is 2.34. The Bertz CT molecular complexity index is 571. The molecule has 1 aromatic heterocycles. The normalized spacial score (nSPS) is 10.4. The maximum atomic E-state index is 13.7. The van der Waals surface area contributed by atoms with Gasteiger partial charge in [-0.15, -0.1) is 10.2 Å². The third-order valence-corrected chi connectivity index (χ3v) is 4.26. The van der Waals surface area contributed by atoms with Gasteiger partial charge in [0.1, 0.15) is 12.1 Å². The summed E-state index contributed by atoms with van der Waals surface area (Å²) >= 11 is 2.58. The molecule has 0 N–H and O–H groups in total. The molecule has 18 heavy (non-hydrogen) atoms. The number of carbonyl (C=O) groups excluding carboxylic acids is 1. The van der Waals surface area contributed by atoms with Crippen molar-refractivity contribution in [1.29, 1.82) is 0 Å². The molecule has 0 aliphatic carbocycles. The molecular formula is C11H10FN3OS2. The van der Waals surface area contributed by atoms with Gasteiger partial charge >= 0.3 is 0 Å². The monoisotopic (exact) mass is 283 g/mol. The van der Waals surface area contributed by atoms with Crippen LogP contribution in [0.5, 0.6) is 0 Å². The molecule has 0 fully saturated rings. The highest BCUT2D eigenvalue weighted by atomic mass is 32.2. The average molecular weight is 283 g/mol. The van der Waals surface area contributed by atoms with Crippen LogP contribution in [0.4, 0.5) is 9.52 Å². The number of nitrogens with zero attached hydrogens (tertiary/aromatic N) is 3. The summed E-state index contributed by atoms with van der Waals surface area (Å²) in [6, 6.07) is 4.36. The van der Waals surface area contributed by atoms with Crippen molar-refractivity contribution in [3.05, 3.63) is 29.6 Å². The summed E-state index contributed by atoms with van der Waals surface area (Å²) in [6.07, 6.45) is 0.618. The fourth-order valence-electron chi connectivity index (χ4n) is 1.19. The minimum atomic E-state index is -0.425. The van der Waals surface area contributed by atoms with Crippen molar-refractivity contribution < 1.29 is 9.18 Å². The van der Waals surface area contributed by atoms with Gasteiger partial charge in [0.05, 0.1) is 4.90 Å². The van der Waals surface area contributed by atoms with Gasteiger partial charge < -0.3 is 4.90 Å². The standard InChI is InChI=1S/C11H10FN3OS2/c1-15(2)10-13-14-11(18-10)17-9-4-3-7(6-16)5-8(9)12/h3-6H,1-2H3. The van der Waals surface area contributed by atoms with Crippen molar-refractivity contribution in [2.75, 3.05) is 19.0 Å². The summed E-state index contributed by atoms with van der Waals surface area (Å²) in [6.45, 7) is 0. The smallest absolute Gasteiger partial charge is 0.208 e. The molecule has 0 radical (unpaired) electrons. The van der Waals surface area contributed by atoms with Crippen molar-refractivity contribution in [1.82, 2.24) is 10.2 Å². The lowest BCUT2D eigenvalue weighted by Crippen LogP contribution is -2.07. The zero-order valence-electron chi connectivity index (χ0n) is 9.75. The van der Waals surface area contributed by atoms with Crippen LogP contribution in [0.15, 0.2) is 27.4 Å². The SMILES string of the molecule is CN(C)c1nnc(Sc2ccc(C=O)cc2F)s1. The number of carbonyl (C=O) groups is 1. The Balaban J connectivity index is 2.20. The van der Waals surface area contributed by atoms with Crippen LogP contribution in [0, 0.1) is 5.82 Å². The lowest BCUT2D eigenvalue weighted by molar-refractivity contribution is 0.112. The second kappa shape index (κ2) is 5.45. The largest absolute Gasteiger partial charge is 0.353 e. The van der Waals surface area contributed by atoms with Gasteiger partial charge in [0.25, 0.3) is 0 Å². The molecule has 4 nitrogen and oxygen atoms in total. The van der Waals surface area contributed by atoms with Crippen LogP contribution in [0.1, 0.15) is 10.4 Å². The maximum absolute atomic E-state index is 13.7. The van der Waals surface area contributed by atoms with Crippen LogP contribution in [0.25, 0.3) is 0 Å². The van der Waals surface area contributed by atoms with Crippen molar-refractivity contribution in [2.45, 2.75) is 9.24 Å². The number of halogens is 1. The molecule has 94 valence electrons. The molecule has 0 spiro atoms. The molecule has 0 bridgehead atoms. The Morgan fingerprint density at radius 2 is 2.17 bits per heavy atom. The number of benzene rings is 1. The van der Waals surface area contributed by atoms with Gasteiger partial charge in [-0.05, 0) is 12.1 Å². The Hall–Kier alpha value is -1.47. The summed E-state index contributed by atoms with van der Waals surface area (Å²) in [7, 11) is 3.74. The van der Waals surface area contributed by atoms with Gasteiger partial charge in [0, 0.05) is 19.7 Å². The molecule has 0 atom stereocenters. The van der Waals surface area contributed by atoms with Gasteiger partial charge in [0.15, 0.2) is 4.34 Å². The minimum absolute atomic E-state index is 0.322. The molecule has 1 heterocycles. The van der Waals surface area contributed by atoms with E-state index < -0.39 is 5.82 Å². The van der Waals surface area contributed by atoms with Crippen LogP contribution in [-0.4, -0.2) is 30.6 Å². The molecular weight excluding hydrogens is 273 g/mol. The average Bonchev–Trinajstić information content (AvgIpc) is 2.80. The van der Waals surface area contributed by atoms with Crippen molar-refractivity contribution in [3.8, 4) is 0 Å². The number of hydrogen-bond donors (Lipinski definition) is 0. The van der Waals surface area contributed by atoms with E-state index in [-0.39, 0.29) is 0 Å². The molecule has 0 unspecified atom stereocenters. The molecule has 0 saturated carbocycles. The van der Waals surface area contributed by atoms with Crippen LogP contribution >= 0.6 is 23.1 Å². The number of rotatable bonds is 4. The zero-order valence-corrected chi connectivity index (χ0v) is 11.4. The van der Waals surface area contributed by atoms with Crippen LogP contribution < -0.4 is 4.90 Å². The Morgan fingerprint density at radius 3 is 2.72 bits per heavy atom. The highest BCUT2D eigenvalue weighted by molar-refractivity contribution is 8.01. The third kappa shape index (κ3) is 2.85. The lowest BCUT2D eigenvalue weighted by Gasteiger charge is -2.03. The first kappa shape index (κ1) is 13.0. The minimum Gasteiger partial charge on any atom is -0.353 e. The number of aldehydes is 1. The van der Waals surface area contributed by atoms with Crippen LogP contribution in [-0.2, 0) is 0 Å². The molecule has 2 rings (SSSR count). The van der Waals surface area contributed by atoms with Crippen molar-refractivity contribution >= 4 is 34.5 Å². The number of anilines is 1. The molecule has 0 aliphatic rings. The van der Waals surface area contributed by atoms with Gasteiger partial charge in [-0.25, -0.2) is 4.39 Å². The number of aromatic nitrogens is 2. The summed E-state index contributed by atoms with van der Waals surface area (Å²) in [5, 5.41) is 8.71.